The second-order valence-electron chi connectivity index (χ2n) is 6.07. The van der Waals surface area contributed by atoms with Crippen molar-refractivity contribution in [3.8, 4) is 12.0 Å². The summed E-state index contributed by atoms with van der Waals surface area (Å²) in [4.78, 5) is 34.8. The molecule has 130 valence electrons. The fourth-order valence-electron chi connectivity index (χ4n) is 3.20. The van der Waals surface area contributed by atoms with Crippen molar-refractivity contribution in [1.82, 2.24) is 4.90 Å². The van der Waals surface area contributed by atoms with Crippen LogP contribution < -0.4 is 0 Å². The van der Waals surface area contributed by atoms with Crippen LogP contribution >= 0.6 is 0 Å². The zero-order valence-corrected chi connectivity index (χ0v) is 14.4. The molecular formula is C19H19NO5. The third-order valence-electron chi connectivity index (χ3n) is 4.51. The number of fused-ring (bicyclic) bond motifs is 1. The Hall–Kier alpha value is -2.94. The van der Waals surface area contributed by atoms with Gasteiger partial charge in [-0.1, -0.05) is 18.1 Å². The van der Waals surface area contributed by atoms with Crippen molar-refractivity contribution < 1.29 is 24.1 Å². The number of hydrogen-bond acceptors (Lipinski definition) is 5. The lowest BCUT2D eigenvalue weighted by Crippen LogP contribution is -2.45. The fourth-order valence-corrected chi connectivity index (χ4v) is 3.20. The molecule has 1 aromatic carbocycles. The molecule has 1 amide bonds. The molecule has 0 aliphatic carbocycles. The minimum absolute atomic E-state index is 0.414. The number of cyclic esters (lactones) is 1. The molecule has 0 aromatic heterocycles. The van der Waals surface area contributed by atoms with Gasteiger partial charge in [0.15, 0.2) is 6.11 Å². The molecule has 0 N–H and O–H groups in total. The van der Waals surface area contributed by atoms with Crippen LogP contribution in [-0.4, -0.2) is 29.6 Å². The first-order chi connectivity index (χ1) is 12.0. The molecule has 0 saturated heterocycles. The molecule has 25 heavy (non-hydrogen) atoms. The van der Waals surface area contributed by atoms with Gasteiger partial charge in [-0.2, -0.15) is 0 Å². The summed E-state index contributed by atoms with van der Waals surface area (Å²) in [6, 6.07) is 3.71. The van der Waals surface area contributed by atoms with E-state index >= 15 is 0 Å². The number of amides is 1. The van der Waals surface area contributed by atoms with Crippen LogP contribution in [0.4, 0.5) is 4.79 Å². The Morgan fingerprint density at radius 2 is 2.08 bits per heavy atom. The molecule has 2 aliphatic rings. The summed E-state index contributed by atoms with van der Waals surface area (Å²) in [7, 11) is 0. The fraction of sp³-hybridized carbons (Fsp3) is 0.368. The predicted molar refractivity (Wildman–Crippen MR) is 89.1 cm³/mol. The maximum absolute atomic E-state index is 12.4. The van der Waals surface area contributed by atoms with Crippen LogP contribution in [0.15, 0.2) is 24.3 Å². The highest BCUT2D eigenvalue weighted by molar-refractivity contribution is 5.84. The number of rotatable bonds is 2. The monoisotopic (exact) mass is 341 g/mol. The third kappa shape index (κ3) is 3.31. The SMILES string of the molecule is CC#COOC(=O)N1CCc2cc(C)c(C)cc2C1C1C=CC(=O)O1. The molecule has 0 radical (unpaired) electrons. The molecule has 6 nitrogen and oxygen atoms in total. The summed E-state index contributed by atoms with van der Waals surface area (Å²) >= 11 is 0. The van der Waals surface area contributed by atoms with Gasteiger partial charge in [-0.15, -0.1) is 0 Å². The highest BCUT2D eigenvalue weighted by Crippen LogP contribution is 2.37. The van der Waals surface area contributed by atoms with E-state index in [0.717, 1.165) is 16.7 Å². The van der Waals surface area contributed by atoms with Crippen molar-refractivity contribution in [1.29, 1.82) is 0 Å². The molecule has 0 fully saturated rings. The molecule has 2 heterocycles. The van der Waals surface area contributed by atoms with Gasteiger partial charge in [0.1, 0.15) is 12.1 Å². The van der Waals surface area contributed by atoms with Crippen molar-refractivity contribution in [2.75, 3.05) is 6.54 Å². The van der Waals surface area contributed by atoms with Crippen LogP contribution in [0.25, 0.3) is 0 Å². The molecule has 3 rings (SSSR count). The van der Waals surface area contributed by atoms with Gasteiger partial charge in [0.05, 0.1) is 0 Å². The lowest BCUT2D eigenvalue weighted by molar-refractivity contribution is -0.188. The third-order valence-corrected chi connectivity index (χ3v) is 4.51. The average molecular weight is 341 g/mol. The number of aryl methyl sites for hydroxylation is 2. The van der Waals surface area contributed by atoms with Crippen LogP contribution in [0.3, 0.4) is 0 Å². The van der Waals surface area contributed by atoms with Gasteiger partial charge >= 0.3 is 12.1 Å². The van der Waals surface area contributed by atoms with E-state index in [1.807, 2.05) is 13.0 Å². The van der Waals surface area contributed by atoms with Crippen LogP contribution in [0.2, 0.25) is 0 Å². The second kappa shape index (κ2) is 6.89. The van der Waals surface area contributed by atoms with Crippen LogP contribution in [-0.2, 0) is 25.7 Å². The van der Waals surface area contributed by atoms with E-state index < -0.39 is 24.2 Å². The minimum atomic E-state index is -0.659. The Kier molecular flexibility index (Phi) is 4.66. The average Bonchev–Trinajstić information content (AvgIpc) is 3.01. The van der Waals surface area contributed by atoms with E-state index in [1.54, 1.807) is 13.0 Å². The van der Waals surface area contributed by atoms with Crippen molar-refractivity contribution in [3.63, 3.8) is 0 Å². The Bertz CT molecular complexity index is 802. The number of ether oxygens (including phenoxy) is 1. The van der Waals surface area contributed by atoms with Gasteiger partial charge in [-0.25, -0.2) is 19.4 Å². The smallest absolute Gasteiger partial charge is 0.452 e. The summed E-state index contributed by atoms with van der Waals surface area (Å²) in [5, 5.41) is 0. The van der Waals surface area contributed by atoms with Crippen molar-refractivity contribution >= 4 is 12.1 Å². The van der Waals surface area contributed by atoms with Gasteiger partial charge in [0.25, 0.3) is 0 Å². The normalized spacial score (nSPS) is 21.1. The van der Waals surface area contributed by atoms with E-state index in [2.05, 4.69) is 29.9 Å². The Morgan fingerprint density at radius 1 is 1.32 bits per heavy atom. The largest absolute Gasteiger partial charge is 0.454 e. The Balaban J connectivity index is 1.96. The first-order valence-corrected chi connectivity index (χ1v) is 8.06. The standard InChI is InChI=1S/C19H19NO5/c1-4-9-23-25-19(22)20-8-7-14-10-12(2)13(3)11-15(14)18(20)16-5-6-17(21)24-16/h5-6,10-11,16,18H,7-8H2,1-3H3. The van der Waals surface area contributed by atoms with Crippen molar-refractivity contribution in [2.45, 2.75) is 39.3 Å². The highest BCUT2D eigenvalue weighted by Gasteiger charge is 2.40. The number of carbonyl (C=O) groups excluding carboxylic acids is 2. The molecule has 2 atom stereocenters. The van der Waals surface area contributed by atoms with Gasteiger partial charge in [0.2, 0.25) is 0 Å². The zero-order chi connectivity index (χ0) is 18.0. The zero-order valence-electron chi connectivity index (χ0n) is 14.4. The van der Waals surface area contributed by atoms with E-state index in [0.29, 0.717) is 13.0 Å². The summed E-state index contributed by atoms with van der Waals surface area (Å²) < 4.78 is 5.37. The van der Waals surface area contributed by atoms with Crippen molar-refractivity contribution in [3.05, 3.63) is 46.5 Å². The van der Waals surface area contributed by atoms with E-state index in [9.17, 15) is 9.59 Å². The Labute approximate surface area is 146 Å². The summed E-state index contributed by atoms with van der Waals surface area (Å²) in [6.45, 7) is 6.07. The number of esters is 1. The maximum Gasteiger partial charge on any atom is 0.454 e. The molecule has 0 saturated carbocycles. The van der Waals surface area contributed by atoms with Crippen molar-refractivity contribution in [2.24, 2.45) is 0 Å². The van der Waals surface area contributed by atoms with E-state index in [1.165, 1.54) is 16.5 Å². The summed E-state index contributed by atoms with van der Waals surface area (Å²) in [5.41, 5.74) is 4.40. The maximum atomic E-state index is 12.4. The van der Waals surface area contributed by atoms with E-state index in [-0.39, 0.29) is 0 Å². The topological polar surface area (TPSA) is 65.1 Å². The summed E-state index contributed by atoms with van der Waals surface area (Å²) in [6.07, 6.45) is 4.74. The van der Waals surface area contributed by atoms with Crippen LogP contribution in [0, 0.1) is 25.9 Å². The lowest BCUT2D eigenvalue weighted by atomic mass is 9.87. The van der Waals surface area contributed by atoms with Gasteiger partial charge in [0, 0.05) is 19.5 Å². The lowest BCUT2D eigenvalue weighted by Gasteiger charge is -2.38. The molecule has 2 unspecified atom stereocenters. The van der Waals surface area contributed by atoms with Gasteiger partial charge in [-0.3, -0.25) is 4.90 Å². The number of hydrogen-bond donors (Lipinski definition) is 0. The molecule has 6 heteroatoms. The molecular weight excluding hydrogens is 322 g/mol. The van der Waals surface area contributed by atoms with Gasteiger partial charge in [-0.05, 0) is 48.6 Å². The molecule has 0 spiro atoms. The highest BCUT2D eigenvalue weighted by atomic mass is 17.2. The molecule has 1 aromatic rings. The van der Waals surface area contributed by atoms with Gasteiger partial charge < -0.3 is 4.74 Å². The number of carbonyl (C=O) groups is 2. The minimum Gasteiger partial charge on any atom is -0.452 e. The quantitative estimate of drug-likeness (QED) is 0.358. The molecule has 0 bridgehead atoms. The predicted octanol–water partition coefficient (Wildman–Crippen LogP) is 2.73. The Morgan fingerprint density at radius 3 is 2.76 bits per heavy atom. The second-order valence-corrected chi connectivity index (χ2v) is 6.07. The van der Waals surface area contributed by atoms with E-state index in [4.69, 9.17) is 9.62 Å². The first-order valence-electron chi connectivity index (χ1n) is 8.06. The summed E-state index contributed by atoms with van der Waals surface area (Å²) in [5.74, 6) is 2.06. The number of benzene rings is 1. The van der Waals surface area contributed by atoms with Crippen LogP contribution in [0.1, 0.15) is 35.2 Å². The first kappa shape index (κ1) is 16.9. The number of nitrogens with zero attached hydrogens (tertiary/aromatic N) is 1. The van der Waals surface area contributed by atoms with Crippen LogP contribution in [0.5, 0.6) is 0 Å². The molecule has 2 aliphatic heterocycles.